The topological polar surface area (TPSA) is 78.4 Å². The second-order valence-corrected chi connectivity index (χ2v) is 3.50. The number of nitrogens with zero attached hydrogens (tertiary/aromatic N) is 1. The average molecular weight is 261 g/mol. The third-order valence-corrected chi connectivity index (χ3v) is 2.92. The normalized spacial score (nSPS) is 9.93. The van der Waals surface area contributed by atoms with E-state index in [1.54, 1.807) is 6.92 Å². The van der Waals surface area contributed by atoms with E-state index in [-0.39, 0.29) is 5.69 Å². The summed E-state index contributed by atoms with van der Waals surface area (Å²) in [5.74, 6) is 0.300. The first-order valence-electron chi connectivity index (χ1n) is 3.76. The number of methoxy groups -OCH3 is 1. The third kappa shape index (κ3) is 1.65. The fraction of sp³-hybridized carbons (Fsp3) is 0.250. The van der Waals surface area contributed by atoms with Crippen LogP contribution >= 0.6 is 15.9 Å². The van der Waals surface area contributed by atoms with Crippen LogP contribution in [-0.4, -0.2) is 12.0 Å². The Morgan fingerprint density at radius 2 is 2.21 bits per heavy atom. The van der Waals surface area contributed by atoms with E-state index in [2.05, 4.69) is 15.9 Å². The number of halogens is 1. The molecule has 0 bridgehead atoms. The van der Waals surface area contributed by atoms with Crippen LogP contribution in [0.1, 0.15) is 5.56 Å². The van der Waals surface area contributed by atoms with Gasteiger partial charge in [0.1, 0.15) is 5.75 Å². The number of nitro benzene ring substituents is 1. The first kappa shape index (κ1) is 10.8. The van der Waals surface area contributed by atoms with Crippen LogP contribution in [0.15, 0.2) is 10.5 Å². The quantitative estimate of drug-likeness (QED) is 0.503. The summed E-state index contributed by atoms with van der Waals surface area (Å²) >= 11 is 3.18. The summed E-state index contributed by atoms with van der Waals surface area (Å²) in [6, 6.07) is 1.31. The summed E-state index contributed by atoms with van der Waals surface area (Å²) in [6.45, 7) is 1.62. The molecule has 0 radical (unpaired) electrons. The van der Waals surface area contributed by atoms with Crippen molar-refractivity contribution in [1.29, 1.82) is 0 Å². The molecular formula is C8H9BrN2O3. The van der Waals surface area contributed by atoms with Crippen molar-refractivity contribution in [3.63, 3.8) is 0 Å². The van der Waals surface area contributed by atoms with Crippen LogP contribution in [0.2, 0.25) is 0 Å². The van der Waals surface area contributed by atoms with Gasteiger partial charge >= 0.3 is 0 Å². The van der Waals surface area contributed by atoms with Gasteiger partial charge in [-0.1, -0.05) is 0 Å². The molecule has 0 amide bonds. The van der Waals surface area contributed by atoms with E-state index in [9.17, 15) is 10.1 Å². The summed E-state index contributed by atoms with van der Waals surface area (Å²) in [5, 5.41) is 10.6. The maximum Gasteiger partial charge on any atom is 0.277 e. The van der Waals surface area contributed by atoms with Gasteiger partial charge in [-0.15, -0.1) is 0 Å². The van der Waals surface area contributed by atoms with Crippen LogP contribution in [0.25, 0.3) is 0 Å². The molecule has 0 saturated carbocycles. The van der Waals surface area contributed by atoms with Gasteiger partial charge < -0.3 is 10.5 Å². The molecule has 2 N–H and O–H groups in total. The zero-order valence-electron chi connectivity index (χ0n) is 7.70. The van der Waals surface area contributed by atoms with Crippen molar-refractivity contribution < 1.29 is 9.66 Å². The van der Waals surface area contributed by atoms with Gasteiger partial charge in [-0.2, -0.15) is 0 Å². The molecule has 0 fully saturated rings. The first-order chi connectivity index (χ1) is 6.49. The minimum absolute atomic E-state index is 0.0112. The number of benzene rings is 1. The number of ether oxygens (including phenoxy) is 1. The molecule has 0 aliphatic carbocycles. The summed E-state index contributed by atoms with van der Waals surface area (Å²) in [6.07, 6.45) is 0. The summed E-state index contributed by atoms with van der Waals surface area (Å²) in [5.41, 5.74) is 6.52. The second-order valence-electron chi connectivity index (χ2n) is 2.71. The molecule has 1 aromatic carbocycles. The standard InChI is InChI=1S/C8H9BrN2O3/c1-4-5(11(12)13)3-6(14-2)8(10)7(4)9/h3H,10H2,1-2H3. The third-order valence-electron chi connectivity index (χ3n) is 1.90. The van der Waals surface area contributed by atoms with E-state index in [1.807, 2.05) is 0 Å². The lowest BCUT2D eigenvalue weighted by molar-refractivity contribution is -0.385. The van der Waals surface area contributed by atoms with Crippen molar-refractivity contribution in [3.05, 3.63) is 26.2 Å². The molecule has 6 heteroatoms. The van der Waals surface area contributed by atoms with Gasteiger partial charge in [-0.25, -0.2) is 0 Å². The molecule has 76 valence electrons. The zero-order valence-corrected chi connectivity index (χ0v) is 9.29. The maximum absolute atomic E-state index is 10.6. The lowest BCUT2D eigenvalue weighted by atomic mass is 10.1. The van der Waals surface area contributed by atoms with Gasteiger partial charge in [0, 0.05) is 5.56 Å². The molecule has 0 aliphatic heterocycles. The first-order valence-corrected chi connectivity index (χ1v) is 4.55. The summed E-state index contributed by atoms with van der Waals surface area (Å²) < 4.78 is 5.42. The molecule has 0 unspecified atom stereocenters. The molecule has 14 heavy (non-hydrogen) atoms. The number of hydrogen-bond donors (Lipinski definition) is 1. The Morgan fingerprint density at radius 3 is 2.64 bits per heavy atom. The minimum Gasteiger partial charge on any atom is -0.494 e. The van der Waals surface area contributed by atoms with E-state index >= 15 is 0 Å². The number of anilines is 1. The van der Waals surface area contributed by atoms with E-state index in [1.165, 1.54) is 13.2 Å². The molecule has 5 nitrogen and oxygen atoms in total. The van der Waals surface area contributed by atoms with Gasteiger partial charge in [0.15, 0.2) is 0 Å². The predicted octanol–water partition coefficient (Wildman–Crippen LogP) is 2.26. The highest BCUT2D eigenvalue weighted by Gasteiger charge is 2.19. The zero-order chi connectivity index (χ0) is 10.9. The van der Waals surface area contributed by atoms with Crippen molar-refractivity contribution in [2.75, 3.05) is 12.8 Å². The van der Waals surface area contributed by atoms with Gasteiger partial charge in [0.05, 0.1) is 28.3 Å². The molecule has 0 aromatic heterocycles. The smallest absolute Gasteiger partial charge is 0.277 e. The Balaban J connectivity index is 3.48. The number of nitrogen functional groups attached to an aromatic ring is 1. The fourth-order valence-corrected chi connectivity index (χ4v) is 1.49. The van der Waals surface area contributed by atoms with Crippen molar-refractivity contribution in [2.24, 2.45) is 0 Å². The van der Waals surface area contributed by atoms with Crippen LogP contribution in [0.5, 0.6) is 5.75 Å². The number of nitrogens with two attached hydrogens (primary N) is 1. The van der Waals surface area contributed by atoms with E-state index in [4.69, 9.17) is 10.5 Å². The maximum atomic E-state index is 10.6. The monoisotopic (exact) mass is 260 g/mol. The van der Waals surface area contributed by atoms with Crippen LogP contribution in [-0.2, 0) is 0 Å². The van der Waals surface area contributed by atoms with Crippen LogP contribution in [0.4, 0.5) is 11.4 Å². The Labute approximate surface area is 89.1 Å². The fourth-order valence-electron chi connectivity index (χ4n) is 1.09. The van der Waals surface area contributed by atoms with Crippen molar-refractivity contribution >= 4 is 27.3 Å². The number of hydrogen-bond acceptors (Lipinski definition) is 4. The van der Waals surface area contributed by atoms with E-state index < -0.39 is 4.92 Å². The Hall–Kier alpha value is -1.30. The Kier molecular flexibility index (Phi) is 2.95. The largest absolute Gasteiger partial charge is 0.494 e. The SMILES string of the molecule is COc1cc([N+](=O)[O-])c(C)c(Br)c1N. The highest BCUT2D eigenvalue weighted by atomic mass is 79.9. The second kappa shape index (κ2) is 3.83. The highest BCUT2D eigenvalue weighted by molar-refractivity contribution is 9.10. The van der Waals surface area contributed by atoms with E-state index in [0.29, 0.717) is 21.5 Å². The summed E-state index contributed by atoms with van der Waals surface area (Å²) in [7, 11) is 1.41. The number of nitro groups is 1. The molecule has 0 heterocycles. The van der Waals surface area contributed by atoms with Gasteiger partial charge in [0.25, 0.3) is 5.69 Å². The van der Waals surface area contributed by atoms with Gasteiger partial charge in [0.2, 0.25) is 0 Å². The number of rotatable bonds is 2. The van der Waals surface area contributed by atoms with Crippen molar-refractivity contribution in [2.45, 2.75) is 6.92 Å². The molecule has 1 rings (SSSR count). The predicted molar refractivity (Wildman–Crippen MR) is 56.5 cm³/mol. The van der Waals surface area contributed by atoms with Crippen LogP contribution in [0, 0.1) is 17.0 Å². The van der Waals surface area contributed by atoms with Crippen LogP contribution < -0.4 is 10.5 Å². The molecular weight excluding hydrogens is 252 g/mol. The average Bonchev–Trinajstić information content (AvgIpc) is 2.14. The Morgan fingerprint density at radius 1 is 1.64 bits per heavy atom. The Bertz CT molecular complexity index is 393. The molecule has 0 aliphatic rings. The van der Waals surface area contributed by atoms with Crippen molar-refractivity contribution in [3.8, 4) is 5.75 Å². The lowest BCUT2D eigenvalue weighted by Crippen LogP contribution is -1.99. The van der Waals surface area contributed by atoms with Gasteiger partial charge in [-0.3, -0.25) is 10.1 Å². The minimum atomic E-state index is -0.470. The van der Waals surface area contributed by atoms with Gasteiger partial charge in [-0.05, 0) is 22.9 Å². The molecule has 0 saturated heterocycles. The summed E-state index contributed by atoms with van der Waals surface area (Å²) in [4.78, 5) is 10.2. The molecule has 1 aromatic rings. The molecule has 0 atom stereocenters. The molecule has 0 spiro atoms. The van der Waals surface area contributed by atoms with Crippen molar-refractivity contribution in [1.82, 2.24) is 0 Å². The lowest BCUT2D eigenvalue weighted by Gasteiger charge is -2.08. The van der Waals surface area contributed by atoms with Crippen LogP contribution in [0.3, 0.4) is 0 Å². The highest BCUT2D eigenvalue weighted by Crippen LogP contribution is 2.38. The van der Waals surface area contributed by atoms with E-state index in [0.717, 1.165) is 0 Å².